The van der Waals surface area contributed by atoms with E-state index in [2.05, 4.69) is 65.0 Å². The Hall–Kier alpha value is 0.480. The van der Waals surface area contributed by atoms with Crippen molar-refractivity contribution < 1.29 is 0 Å². The molecule has 2 nitrogen and oxygen atoms in total. The lowest BCUT2D eigenvalue weighted by Gasteiger charge is -2.11. The second kappa shape index (κ2) is 6.77. The maximum atomic E-state index is 4.55. The molecule has 0 aromatic heterocycles. The summed E-state index contributed by atoms with van der Waals surface area (Å²) in [6.45, 7) is 3.14. The number of hydrogen-bond acceptors (Lipinski definition) is 3. The zero-order chi connectivity index (χ0) is 13.1. The molecule has 1 N–H and O–H groups in total. The van der Waals surface area contributed by atoms with Gasteiger partial charge in [0.15, 0.2) is 5.17 Å². The van der Waals surface area contributed by atoms with Gasteiger partial charge in [-0.1, -0.05) is 41.0 Å². The Labute approximate surface area is 137 Å². The number of hydrogen-bond donors (Lipinski definition) is 1. The SMILES string of the molecule is CCCC1CN=C(Nc2c(Br)cc(Br)cc2Br)S1. The van der Waals surface area contributed by atoms with Gasteiger partial charge in [-0.25, -0.2) is 0 Å². The molecule has 18 heavy (non-hydrogen) atoms. The Balaban J connectivity index is 2.07. The van der Waals surface area contributed by atoms with Crippen LogP contribution in [-0.4, -0.2) is 17.0 Å². The molecule has 0 spiro atoms. The standard InChI is InChI=1S/C12H13Br3N2S/c1-2-3-8-6-16-12(18-8)17-11-9(14)4-7(13)5-10(11)15/h4-5,8H,2-3,6H2,1H3,(H,16,17). The summed E-state index contributed by atoms with van der Waals surface area (Å²) in [7, 11) is 0. The van der Waals surface area contributed by atoms with Crippen LogP contribution in [0, 0.1) is 0 Å². The van der Waals surface area contributed by atoms with E-state index in [4.69, 9.17) is 0 Å². The van der Waals surface area contributed by atoms with E-state index < -0.39 is 0 Å². The van der Waals surface area contributed by atoms with Crippen molar-refractivity contribution >= 4 is 70.4 Å². The summed E-state index contributed by atoms with van der Waals surface area (Å²) >= 11 is 12.4. The van der Waals surface area contributed by atoms with Crippen molar-refractivity contribution in [2.24, 2.45) is 4.99 Å². The van der Waals surface area contributed by atoms with E-state index in [1.165, 1.54) is 12.8 Å². The highest BCUT2D eigenvalue weighted by molar-refractivity contribution is 9.11. The monoisotopic (exact) mass is 454 g/mol. The van der Waals surface area contributed by atoms with E-state index in [9.17, 15) is 0 Å². The highest BCUT2D eigenvalue weighted by Crippen LogP contribution is 2.36. The first-order valence-corrected chi connectivity index (χ1v) is 8.98. The molecule has 1 unspecified atom stereocenters. The number of amidine groups is 1. The van der Waals surface area contributed by atoms with Gasteiger partial charge in [0.2, 0.25) is 0 Å². The summed E-state index contributed by atoms with van der Waals surface area (Å²) in [5.41, 5.74) is 1.03. The van der Waals surface area contributed by atoms with E-state index in [1.807, 2.05) is 23.9 Å². The number of benzene rings is 1. The maximum Gasteiger partial charge on any atom is 0.161 e. The average molecular weight is 457 g/mol. The fraction of sp³-hybridized carbons (Fsp3) is 0.417. The molecular formula is C12H13Br3N2S. The van der Waals surface area contributed by atoms with E-state index in [0.29, 0.717) is 5.25 Å². The summed E-state index contributed by atoms with van der Waals surface area (Å²) in [5.74, 6) is 0. The maximum absolute atomic E-state index is 4.55. The fourth-order valence-corrected chi connectivity index (χ4v) is 5.31. The summed E-state index contributed by atoms with van der Waals surface area (Å²) in [4.78, 5) is 4.55. The Kier molecular flexibility index (Phi) is 5.60. The molecule has 0 saturated heterocycles. The molecular weight excluding hydrogens is 444 g/mol. The van der Waals surface area contributed by atoms with Crippen LogP contribution in [0.2, 0.25) is 0 Å². The van der Waals surface area contributed by atoms with Crippen LogP contribution in [0.1, 0.15) is 19.8 Å². The number of nitrogens with one attached hydrogen (secondary N) is 1. The molecule has 2 rings (SSSR count). The van der Waals surface area contributed by atoms with Crippen LogP contribution in [0.3, 0.4) is 0 Å². The van der Waals surface area contributed by atoms with E-state index >= 15 is 0 Å². The number of aliphatic imine (C=N–C) groups is 1. The number of halogens is 3. The summed E-state index contributed by atoms with van der Waals surface area (Å²) in [5, 5.41) is 5.03. The van der Waals surface area contributed by atoms with Gasteiger partial charge in [-0.05, 0) is 50.4 Å². The lowest BCUT2D eigenvalue weighted by Crippen LogP contribution is -2.08. The smallest absolute Gasteiger partial charge is 0.161 e. The van der Waals surface area contributed by atoms with Crippen molar-refractivity contribution in [1.82, 2.24) is 0 Å². The molecule has 1 aliphatic rings. The minimum Gasteiger partial charge on any atom is -0.333 e. The molecule has 1 heterocycles. The molecule has 1 aliphatic heterocycles. The predicted molar refractivity (Wildman–Crippen MR) is 91.8 cm³/mol. The third kappa shape index (κ3) is 3.74. The van der Waals surface area contributed by atoms with Crippen LogP contribution < -0.4 is 5.32 Å². The Bertz CT molecular complexity index is 453. The van der Waals surface area contributed by atoms with Crippen LogP contribution in [0.4, 0.5) is 5.69 Å². The molecule has 0 fully saturated rings. The molecule has 0 radical (unpaired) electrons. The molecule has 6 heteroatoms. The minimum atomic E-state index is 0.630. The second-order valence-electron chi connectivity index (χ2n) is 4.04. The van der Waals surface area contributed by atoms with Crippen molar-refractivity contribution in [2.75, 3.05) is 11.9 Å². The number of rotatable bonds is 3. The van der Waals surface area contributed by atoms with Crippen LogP contribution in [0.15, 0.2) is 30.5 Å². The van der Waals surface area contributed by atoms with E-state index in [-0.39, 0.29) is 0 Å². The van der Waals surface area contributed by atoms with Crippen molar-refractivity contribution in [3.8, 4) is 0 Å². The third-order valence-electron chi connectivity index (χ3n) is 2.57. The predicted octanol–water partition coefficient (Wildman–Crippen LogP) is 5.66. The zero-order valence-corrected chi connectivity index (χ0v) is 15.4. The van der Waals surface area contributed by atoms with Crippen LogP contribution in [-0.2, 0) is 0 Å². The van der Waals surface area contributed by atoms with Crippen molar-refractivity contribution in [3.63, 3.8) is 0 Å². The molecule has 0 aliphatic carbocycles. The summed E-state index contributed by atoms with van der Waals surface area (Å²) < 4.78 is 3.08. The third-order valence-corrected chi connectivity index (χ3v) is 5.45. The number of anilines is 1. The fourth-order valence-electron chi connectivity index (χ4n) is 1.73. The Morgan fingerprint density at radius 2 is 2.00 bits per heavy atom. The first-order valence-electron chi connectivity index (χ1n) is 5.72. The first kappa shape index (κ1) is 14.9. The van der Waals surface area contributed by atoms with E-state index in [0.717, 1.165) is 30.8 Å². The second-order valence-corrected chi connectivity index (χ2v) is 7.96. The van der Waals surface area contributed by atoms with Crippen molar-refractivity contribution in [3.05, 3.63) is 25.6 Å². The van der Waals surface area contributed by atoms with Crippen molar-refractivity contribution in [1.29, 1.82) is 0 Å². The largest absolute Gasteiger partial charge is 0.333 e. The van der Waals surface area contributed by atoms with Gasteiger partial charge in [-0.3, -0.25) is 4.99 Å². The Morgan fingerprint density at radius 1 is 1.33 bits per heavy atom. The lowest BCUT2D eigenvalue weighted by molar-refractivity contribution is 0.754. The number of nitrogens with zero attached hydrogens (tertiary/aromatic N) is 1. The zero-order valence-electron chi connectivity index (χ0n) is 9.84. The molecule has 1 aromatic carbocycles. The van der Waals surface area contributed by atoms with E-state index in [1.54, 1.807) is 0 Å². The van der Waals surface area contributed by atoms with Gasteiger partial charge >= 0.3 is 0 Å². The van der Waals surface area contributed by atoms with Crippen molar-refractivity contribution in [2.45, 2.75) is 25.0 Å². The van der Waals surface area contributed by atoms with Gasteiger partial charge in [0, 0.05) is 18.7 Å². The average Bonchev–Trinajstić information content (AvgIpc) is 2.72. The van der Waals surface area contributed by atoms with Crippen LogP contribution in [0.25, 0.3) is 0 Å². The molecule has 1 atom stereocenters. The summed E-state index contributed by atoms with van der Waals surface area (Å²) in [6, 6.07) is 4.05. The van der Waals surface area contributed by atoms with Gasteiger partial charge < -0.3 is 5.32 Å². The Morgan fingerprint density at radius 3 is 2.61 bits per heavy atom. The lowest BCUT2D eigenvalue weighted by atomic mass is 10.2. The van der Waals surface area contributed by atoms with Crippen LogP contribution >= 0.6 is 59.6 Å². The van der Waals surface area contributed by atoms with Gasteiger partial charge in [-0.15, -0.1) is 0 Å². The highest BCUT2D eigenvalue weighted by Gasteiger charge is 2.20. The van der Waals surface area contributed by atoms with Crippen LogP contribution in [0.5, 0.6) is 0 Å². The molecule has 0 saturated carbocycles. The summed E-state index contributed by atoms with van der Waals surface area (Å²) in [6.07, 6.45) is 2.44. The van der Waals surface area contributed by atoms with Gasteiger partial charge in [0.25, 0.3) is 0 Å². The highest BCUT2D eigenvalue weighted by atomic mass is 79.9. The van der Waals surface area contributed by atoms with Gasteiger partial charge in [-0.2, -0.15) is 0 Å². The quantitative estimate of drug-likeness (QED) is 0.634. The number of thioether (sulfide) groups is 1. The molecule has 1 aromatic rings. The topological polar surface area (TPSA) is 24.4 Å². The molecule has 0 amide bonds. The normalized spacial score (nSPS) is 18.9. The molecule has 98 valence electrons. The van der Waals surface area contributed by atoms with Gasteiger partial charge in [0.1, 0.15) is 0 Å². The minimum absolute atomic E-state index is 0.630. The first-order chi connectivity index (χ1) is 8.60. The molecule has 0 bridgehead atoms. The van der Waals surface area contributed by atoms with Gasteiger partial charge in [0.05, 0.1) is 12.2 Å².